The van der Waals surface area contributed by atoms with Crippen LogP contribution < -0.4 is 0 Å². The summed E-state index contributed by atoms with van der Waals surface area (Å²) in [5.74, 6) is 0.299. The van der Waals surface area contributed by atoms with E-state index in [9.17, 15) is 8.42 Å². The molecule has 108 valence electrons. The molecule has 0 N–H and O–H groups in total. The minimum absolute atomic E-state index is 0.299. The third-order valence-electron chi connectivity index (χ3n) is 2.92. The van der Waals surface area contributed by atoms with Crippen LogP contribution >= 0.6 is 11.6 Å². The molecule has 0 saturated heterocycles. The molecule has 0 aliphatic carbocycles. The van der Waals surface area contributed by atoms with Gasteiger partial charge in [0.25, 0.3) is 0 Å². The van der Waals surface area contributed by atoms with Crippen molar-refractivity contribution in [1.29, 1.82) is 0 Å². The Morgan fingerprint density at radius 2 is 2.05 bits per heavy atom. The highest BCUT2D eigenvalue weighted by molar-refractivity contribution is 7.89. The first-order chi connectivity index (χ1) is 8.97. The Balaban J connectivity index is 3.17. The third-order valence-corrected chi connectivity index (χ3v) is 5.35. The lowest BCUT2D eigenvalue weighted by atomic mass is 10.2. The van der Waals surface area contributed by atoms with Crippen LogP contribution in [0.1, 0.15) is 18.1 Å². The molecule has 1 rings (SSSR count). The number of aryl methyl sites for hydroxylation is 1. The van der Waals surface area contributed by atoms with E-state index in [0.29, 0.717) is 30.5 Å². The van der Waals surface area contributed by atoms with E-state index in [1.807, 2.05) is 13.0 Å². The molecule has 0 heterocycles. The van der Waals surface area contributed by atoms with Crippen LogP contribution in [0.4, 0.5) is 0 Å². The molecular formula is C13H20ClNO3S. The summed E-state index contributed by atoms with van der Waals surface area (Å²) in [4.78, 5) is 0.323. The van der Waals surface area contributed by atoms with E-state index in [1.54, 1.807) is 26.2 Å². The van der Waals surface area contributed by atoms with Gasteiger partial charge in [-0.3, -0.25) is 0 Å². The second-order valence-electron chi connectivity index (χ2n) is 4.22. The van der Waals surface area contributed by atoms with Crippen LogP contribution in [0.5, 0.6) is 0 Å². The summed E-state index contributed by atoms with van der Waals surface area (Å²) < 4.78 is 31.5. The molecule has 0 amide bonds. The number of ether oxygens (including phenoxy) is 1. The maximum Gasteiger partial charge on any atom is 0.243 e. The maximum atomic E-state index is 12.6. The fraction of sp³-hybridized carbons (Fsp3) is 0.538. The molecule has 0 atom stereocenters. The van der Waals surface area contributed by atoms with Gasteiger partial charge in [0.1, 0.15) is 0 Å². The number of rotatable bonds is 7. The predicted molar refractivity (Wildman–Crippen MR) is 77.0 cm³/mol. The molecule has 19 heavy (non-hydrogen) atoms. The highest BCUT2D eigenvalue weighted by Crippen LogP contribution is 2.22. The van der Waals surface area contributed by atoms with Crippen LogP contribution in [0.3, 0.4) is 0 Å². The summed E-state index contributed by atoms with van der Waals surface area (Å²) in [6.07, 6.45) is 0. The summed E-state index contributed by atoms with van der Waals surface area (Å²) in [5.41, 5.74) is 1.53. The Hall–Kier alpha value is -0.620. The highest BCUT2D eigenvalue weighted by Gasteiger charge is 2.24. The summed E-state index contributed by atoms with van der Waals surface area (Å²) in [6.45, 7) is 4.74. The first-order valence-corrected chi connectivity index (χ1v) is 8.09. The molecule has 0 aliphatic rings. The van der Waals surface area contributed by atoms with Crippen molar-refractivity contribution < 1.29 is 13.2 Å². The third kappa shape index (κ3) is 3.92. The first kappa shape index (κ1) is 16.4. The number of likely N-dealkylation sites (N-methyl/N-ethyl adjacent to an activating group) is 1. The first-order valence-electron chi connectivity index (χ1n) is 6.12. The lowest BCUT2D eigenvalue weighted by Crippen LogP contribution is -2.34. The van der Waals surface area contributed by atoms with Gasteiger partial charge in [0, 0.05) is 26.1 Å². The van der Waals surface area contributed by atoms with Gasteiger partial charge in [0.05, 0.1) is 11.5 Å². The van der Waals surface area contributed by atoms with Crippen LogP contribution in [-0.2, 0) is 20.6 Å². The van der Waals surface area contributed by atoms with Crippen molar-refractivity contribution in [2.45, 2.75) is 24.6 Å². The zero-order chi connectivity index (χ0) is 14.5. The van der Waals surface area contributed by atoms with Crippen LogP contribution in [0.2, 0.25) is 0 Å². The van der Waals surface area contributed by atoms with Crippen LogP contribution in [0, 0.1) is 6.92 Å². The minimum Gasteiger partial charge on any atom is -0.383 e. The fourth-order valence-electron chi connectivity index (χ4n) is 1.79. The zero-order valence-corrected chi connectivity index (χ0v) is 13.1. The molecule has 0 bridgehead atoms. The van der Waals surface area contributed by atoms with E-state index in [2.05, 4.69) is 0 Å². The normalized spacial score (nSPS) is 12.1. The highest BCUT2D eigenvalue weighted by atomic mass is 35.5. The lowest BCUT2D eigenvalue weighted by Gasteiger charge is -2.21. The molecular weight excluding hydrogens is 286 g/mol. The average molecular weight is 306 g/mol. The molecule has 4 nitrogen and oxygen atoms in total. The van der Waals surface area contributed by atoms with E-state index in [4.69, 9.17) is 16.3 Å². The van der Waals surface area contributed by atoms with E-state index >= 15 is 0 Å². The molecule has 0 fully saturated rings. The van der Waals surface area contributed by atoms with Crippen LogP contribution in [0.15, 0.2) is 23.1 Å². The van der Waals surface area contributed by atoms with Crippen molar-refractivity contribution >= 4 is 21.6 Å². The van der Waals surface area contributed by atoms with Gasteiger partial charge >= 0.3 is 0 Å². The molecule has 6 heteroatoms. The van der Waals surface area contributed by atoms with E-state index in [0.717, 1.165) is 11.1 Å². The Morgan fingerprint density at radius 3 is 2.58 bits per heavy atom. The number of benzene rings is 1. The standard InChI is InChI=1S/C13H20ClNO3S/c1-4-15(7-8-18-3)19(16,17)13-9-12(10-14)6-5-11(13)2/h5-6,9H,4,7-8,10H2,1-3H3. The number of alkyl halides is 1. The summed E-state index contributed by atoms with van der Waals surface area (Å²) >= 11 is 5.77. The monoisotopic (exact) mass is 305 g/mol. The summed E-state index contributed by atoms with van der Waals surface area (Å²) in [7, 11) is -1.94. The van der Waals surface area contributed by atoms with Crippen LogP contribution in [-0.4, -0.2) is 39.5 Å². The molecule has 1 aromatic carbocycles. The van der Waals surface area contributed by atoms with E-state index < -0.39 is 10.0 Å². The molecule has 0 aliphatic heterocycles. The Morgan fingerprint density at radius 1 is 1.37 bits per heavy atom. The number of hydrogen-bond acceptors (Lipinski definition) is 3. The Bertz CT molecular complexity index is 517. The number of hydrogen-bond donors (Lipinski definition) is 0. The maximum absolute atomic E-state index is 12.6. The van der Waals surface area contributed by atoms with Gasteiger partial charge in [0.2, 0.25) is 10.0 Å². The summed E-state index contributed by atoms with van der Waals surface area (Å²) in [6, 6.07) is 5.27. The molecule has 0 aromatic heterocycles. The van der Waals surface area contributed by atoms with E-state index in [-0.39, 0.29) is 0 Å². The van der Waals surface area contributed by atoms with Gasteiger partial charge < -0.3 is 4.74 Å². The van der Waals surface area contributed by atoms with Crippen molar-refractivity contribution in [2.75, 3.05) is 26.8 Å². The van der Waals surface area contributed by atoms with Crippen molar-refractivity contribution in [1.82, 2.24) is 4.31 Å². The molecule has 0 saturated carbocycles. The lowest BCUT2D eigenvalue weighted by molar-refractivity contribution is 0.180. The SMILES string of the molecule is CCN(CCOC)S(=O)(=O)c1cc(CCl)ccc1C. The zero-order valence-electron chi connectivity index (χ0n) is 11.5. The van der Waals surface area contributed by atoms with Gasteiger partial charge in [-0.2, -0.15) is 4.31 Å². The number of nitrogens with zero attached hydrogens (tertiary/aromatic N) is 1. The van der Waals surface area contributed by atoms with Gasteiger partial charge in [-0.1, -0.05) is 19.1 Å². The second-order valence-corrected chi connectivity index (χ2v) is 6.40. The summed E-state index contributed by atoms with van der Waals surface area (Å²) in [5, 5.41) is 0. The Kier molecular flexibility index (Phi) is 6.26. The molecule has 0 unspecified atom stereocenters. The Labute approximate surface area is 120 Å². The fourth-order valence-corrected chi connectivity index (χ4v) is 3.66. The number of halogens is 1. The number of sulfonamides is 1. The van der Waals surface area contributed by atoms with Crippen molar-refractivity contribution in [3.8, 4) is 0 Å². The number of methoxy groups -OCH3 is 1. The van der Waals surface area contributed by atoms with Crippen molar-refractivity contribution in [3.05, 3.63) is 29.3 Å². The predicted octanol–water partition coefficient (Wildman–Crippen LogP) is 2.39. The van der Waals surface area contributed by atoms with Crippen LogP contribution in [0.25, 0.3) is 0 Å². The van der Waals surface area contributed by atoms with Gasteiger partial charge in [-0.05, 0) is 24.1 Å². The largest absolute Gasteiger partial charge is 0.383 e. The smallest absolute Gasteiger partial charge is 0.243 e. The van der Waals surface area contributed by atoms with Crippen molar-refractivity contribution in [3.63, 3.8) is 0 Å². The van der Waals surface area contributed by atoms with Gasteiger partial charge in [-0.15, -0.1) is 11.6 Å². The van der Waals surface area contributed by atoms with Crippen molar-refractivity contribution in [2.24, 2.45) is 0 Å². The topological polar surface area (TPSA) is 46.6 Å². The average Bonchev–Trinajstić information content (AvgIpc) is 2.39. The quantitative estimate of drug-likeness (QED) is 0.727. The minimum atomic E-state index is -3.49. The molecule has 0 spiro atoms. The van der Waals surface area contributed by atoms with E-state index in [1.165, 1.54) is 4.31 Å². The molecule has 1 aromatic rings. The second kappa shape index (κ2) is 7.24. The van der Waals surface area contributed by atoms with Gasteiger partial charge in [0.15, 0.2) is 0 Å². The molecule has 0 radical (unpaired) electrons. The van der Waals surface area contributed by atoms with Gasteiger partial charge in [-0.25, -0.2) is 8.42 Å².